The van der Waals surface area contributed by atoms with Gasteiger partial charge in [-0.2, -0.15) is 0 Å². The van der Waals surface area contributed by atoms with Gasteiger partial charge in [0, 0.05) is 34.8 Å². The molecule has 3 aromatic rings. The van der Waals surface area contributed by atoms with Gasteiger partial charge in [-0.1, -0.05) is 61.9 Å². The third-order valence-corrected chi connectivity index (χ3v) is 8.18. The number of aromatic nitrogens is 3. The largest absolute Gasteiger partial charge is 0.342 e. The molecule has 7 nitrogen and oxygen atoms in total. The van der Waals surface area contributed by atoms with Gasteiger partial charge in [-0.05, 0) is 24.5 Å². The van der Waals surface area contributed by atoms with Crippen molar-refractivity contribution in [1.82, 2.24) is 20.1 Å². The van der Waals surface area contributed by atoms with Gasteiger partial charge in [-0.3, -0.25) is 14.9 Å². The highest BCUT2D eigenvalue weighted by Crippen LogP contribution is 2.32. The topological polar surface area (TPSA) is 88.1 Å². The Balaban J connectivity index is 1.31. The number of amides is 2. The van der Waals surface area contributed by atoms with Crippen molar-refractivity contribution in [1.29, 1.82) is 0 Å². The monoisotopic (exact) mass is 503 g/mol. The molecule has 2 aromatic heterocycles. The summed E-state index contributed by atoms with van der Waals surface area (Å²) in [5, 5.41) is 15.7. The van der Waals surface area contributed by atoms with Gasteiger partial charge in [-0.25, -0.2) is 4.98 Å². The SMILES string of the molecule is CC(C)(C)c1nnc(NC(=O)c2csc(C3CCN(C(=O)Cc4ccccc4Cl)CC3)n2)s1. The van der Waals surface area contributed by atoms with Gasteiger partial charge < -0.3 is 4.90 Å². The molecule has 0 spiro atoms. The Bertz CT molecular complexity index is 1150. The minimum absolute atomic E-state index is 0.0902. The second-order valence-electron chi connectivity index (χ2n) is 9.11. The number of carbonyl (C=O) groups is 2. The maximum absolute atomic E-state index is 12.7. The number of benzene rings is 1. The van der Waals surface area contributed by atoms with Crippen molar-refractivity contribution in [3.8, 4) is 0 Å². The molecule has 0 atom stereocenters. The van der Waals surface area contributed by atoms with Crippen molar-refractivity contribution in [3.63, 3.8) is 0 Å². The molecule has 0 saturated carbocycles. The number of piperidine rings is 1. The lowest BCUT2D eigenvalue weighted by atomic mass is 9.97. The molecule has 3 heterocycles. The van der Waals surface area contributed by atoms with Gasteiger partial charge in [-0.15, -0.1) is 21.5 Å². The standard InChI is InChI=1S/C23H26ClN5O2S2/c1-23(2,3)21-27-28-22(33-21)26-19(31)17-13-32-20(25-17)14-8-10-29(11-9-14)18(30)12-15-6-4-5-7-16(15)24/h4-7,13-14H,8-12H2,1-3H3,(H,26,28,31). The van der Waals surface area contributed by atoms with E-state index in [0.29, 0.717) is 35.4 Å². The fourth-order valence-corrected chi connectivity index (χ4v) is 5.58. The van der Waals surface area contributed by atoms with E-state index < -0.39 is 0 Å². The Labute approximate surface area is 206 Å². The van der Waals surface area contributed by atoms with Crippen molar-refractivity contribution in [2.45, 2.75) is 51.4 Å². The number of halogens is 1. The van der Waals surface area contributed by atoms with E-state index in [1.807, 2.05) is 23.1 Å². The number of anilines is 1. The summed E-state index contributed by atoms with van der Waals surface area (Å²) in [6.07, 6.45) is 1.97. The number of rotatable bonds is 5. The van der Waals surface area contributed by atoms with Crippen LogP contribution >= 0.6 is 34.3 Å². The van der Waals surface area contributed by atoms with Gasteiger partial charge in [0.1, 0.15) is 10.7 Å². The second-order valence-corrected chi connectivity index (χ2v) is 11.4. The minimum Gasteiger partial charge on any atom is -0.342 e. The minimum atomic E-state index is -0.276. The third-order valence-electron chi connectivity index (χ3n) is 5.54. The van der Waals surface area contributed by atoms with Crippen LogP contribution in [0.15, 0.2) is 29.6 Å². The smallest absolute Gasteiger partial charge is 0.276 e. The van der Waals surface area contributed by atoms with Gasteiger partial charge in [0.15, 0.2) is 0 Å². The predicted octanol–water partition coefficient (Wildman–Crippen LogP) is 5.15. The molecule has 1 aliphatic rings. The summed E-state index contributed by atoms with van der Waals surface area (Å²) in [5.74, 6) is 0.0591. The first-order valence-corrected chi connectivity index (χ1v) is 12.9. The molecule has 1 fully saturated rings. The zero-order chi connectivity index (χ0) is 23.6. The molecular weight excluding hydrogens is 478 g/mol. The molecule has 2 amide bonds. The number of likely N-dealkylation sites (tertiary alicyclic amines) is 1. The van der Waals surface area contributed by atoms with Crippen molar-refractivity contribution in [2.24, 2.45) is 0 Å². The van der Waals surface area contributed by atoms with E-state index in [4.69, 9.17) is 11.6 Å². The molecular formula is C23H26ClN5O2S2. The van der Waals surface area contributed by atoms with Crippen LogP contribution in [0.3, 0.4) is 0 Å². The molecule has 10 heteroatoms. The molecule has 33 heavy (non-hydrogen) atoms. The van der Waals surface area contributed by atoms with E-state index in [-0.39, 0.29) is 23.1 Å². The van der Waals surface area contributed by atoms with Crippen LogP contribution in [0.4, 0.5) is 5.13 Å². The quantitative estimate of drug-likeness (QED) is 0.520. The van der Waals surface area contributed by atoms with Gasteiger partial charge >= 0.3 is 0 Å². The summed E-state index contributed by atoms with van der Waals surface area (Å²) in [7, 11) is 0. The lowest BCUT2D eigenvalue weighted by Gasteiger charge is -2.31. The van der Waals surface area contributed by atoms with Crippen LogP contribution in [0.1, 0.15) is 65.6 Å². The molecule has 174 valence electrons. The maximum Gasteiger partial charge on any atom is 0.276 e. The fraction of sp³-hybridized carbons (Fsp3) is 0.435. The van der Waals surface area contributed by atoms with E-state index in [1.54, 1.807) is 11.4 Å². The molecule has 4 rings (SSSR count). The van der Waals surface area contributed by atoms with Crippen LogP contribution in [0, 0.1) is 0 Å². The van der Waals surface area contributed by atoms with E-state index in [2.05, 4.69) is 41.3 Å². The van der Waals surface area contributed by atoms with Crippen LogP contribution in [0.5, 0.6) is 0 Å². The first-order chi connectivity index (χ1) is 15.7. The zero-order valence-corrected chi connectivity index (χ0v) is 21.2. The molecule has 0 bridgehead atoms. The van der Waals surface area contributed by atoms with Gasteiger partial charge in [0.2, 0.25) is 11.0 Å². The Hall–Kier alpha value is -2.36. The molecule has 0 unspecified atom stereocenters. The van der Waals surface area contributed by atoms with Crippen molar-refractivity contribution in [2.75, 3.05) is 18.4 Å². The average Bonchev–Trinajstić information content (AvgIpc) is 3.45. The van der Waals surface area contributed by atoms with Crippen LogP contribution in [0.2, 0.25) is 5.02 Å². The third kappa shape index (κ3) is 5.77. The summed E-state index contributed by atoms with van der Waals surface area (Å²) in [5.41, 5.74) is 1.13. The molecule has 1 saturated heterocycles. The van der Waals surface area contributed by atoms with Crippen LogP contribution in [-0.4, -0.2) is 45.0 Å². The number of thiazole rings is 1. The first kappa shape index (κ1) is 23.8. The summed E-state index contributed by atoms with van der Waals surface area (Å²) < 4.78 is 0. The number of hydrogen-bond acceptors (Lipinski definition) is 7. The Kier molecular flexibility index (Phi) is 7.11. The summed E-state index contributed by atoms with van der Waals surface area (Å²) in [4.78, 5) is 31.8. The van der Waals surface area contributed by atoms with Gasteiger partial charge in [0.05, 0.1) is 11.4 Å². The predicted molar refractivity (Wildman–Crippen MR) is 132 cm³/mol. The molecule has 1 aliphatic heterocycles. The Morgan fingerprint density at radius 3 is 2.58 bits per heavy atom. The fourth-order valence-electron chi connectivity index (χ4n) is 3.61. The first-order valence-electron chi connectivity index (χ1n) is 10.8. The highest BCUT2D eigenvalue weighted by molar-refractivity contribution is 7.15. The van der Waals surface area contributed by atoms with Crippen molar-refractivity contribution < 1.29 is 9.59 Å². The lowest BCUT2D eigenvalue weighted by Crippen LogP contribution is -2.38. The highest BCUT2D eigenvalue weighted by atomic mass is 35.5. The van der Waals surface area contributed by atoms with E-state index in [1.165, 1.54) is 22.7 Å². The maximum atomic E-state index is 12.7. The summed E-state index contributed by atoms with van der Waals surface area (Å²) >= 11 is 9.06. The second kappa shape index (κ2) is 9.87. The van der Waals surface area contributed by atoms with E-state index >= 15 is 0 Å². The van der Waals surface area contributed by atoms with Gasteiger partial charge in [0.25, 0.3) is 5.91 Å². The molecule has 1 aromatic carbocycles. The van der Waals surface area contributed by atoms with E-state index in [0.717, 1.165) is 28.4 Å². The Morgan fingerprint density at radius 2 is 1.91 bits per heavy atom. The molecule has 0 radical (unpaired) electrons. The number of nitrogens with zero attached hydrogens (tertiary/aromatic N) is 4. The van der Waals surface area contributed by atoms with E-state index in [9.17, 15) is 9.59 Å². The normalized spacial score (nSPS) is 15.0. The van der Waals surface area contributed by atoms with Crippen LogP contribution < -0.4 is 5.32 Å². The number of hydrogen-bond donors (Lipinski definition) is 1. The average molecular weight is 504 g/mol. The molecule has 0 aliphatic carbocycles. The van der Waals surface area contributed by atoms with Crippen LogP contribution in [-0.2, 0) is 16.6 Å². The summed E-state index contributed by atoms with van der Waals surface area (Å²) in [6, 6.07) is 7.45. The highest BCUT2D eigenvalue weighted by Gasteiger charge is 2.27. The van der Waals surface area contributed by atoms with Crippen LogP contribution in [0.25, 0.3) is 0 Å². The van der Waals surface area contributed by atoms with Crippen molar-refractivity contribution in [3.05, 3.63) is 55.9 Å². The molecule has 1 N–H and O–H groups in total. The lowest BCUT2D eigenvalue weighted by molar-refractivity contribution is -0.131. The van der Waals surface area contributed by atoms with Crippen molar-refractivity contribution >= 4 is 51.2 Å². The zero-order valence-electron chi connectivity index (χ0n) is 18.8. The summed E-state index contributed by atoms with van der Waals surface area (Å²) in [6.45, 7) is 7.52. The number of nitrogens with one attached hydrogen (secondary N) is 1. The Morgan fingerprint density at radius 1 is 1.18 bits per heavy atom. The number of carbonyl (C=O) groups excluding carboxylic acids is 2.